The van der Waals surface area contributed by atoms with Gasteiger partial charge in [0, 0.05) is 24.0 Å². The smallest absolute Gasteiger partial charge is 0.124 e. The Balaban J connectivity index is 2.16. The first-order chi connectivity index (χ1) is 8.60. The number of halogens is 2. The molecule has 0 spiro atoms. The van der Waals surface area contributed by atoms with Crippen LogP contribution in [0.25, 0.3) is 0 Å². The zero-order valence-electron chi connectivity index (χ0n) is 10.1. The van der Waals surface area contributed by atoms with Gasteiger partial charge in [0.05, 0.1) is 6.10 Å². The molecule has 0 aliphatic heterocycles. The number of nitrogens with zero attached hydrogens (tertiary/aromatic N) is 1. The molecule has 1 atom stereocenters. The minimum Gasteiger partial charge on any atom is -0.388 e. The number of rotatable bonds is 4. The second-order valence-corrected chi connectivity index (χ2v) is 4.68. The summed E-state index contributed by atoms with van der Waals surface area (Å²) < 4.78 is 14.8. The molecule has 2 rings (SSSR count). The van der Waals surface area contributed by atoms with Crippen molar-refractivity contribution in [2.75, 3.05) is 0 Å². The Morgan fingerprint density at radius 2 is 2.17 bits per heavy atom. The summed E-state index contributed by atoms with van der Waals surface area (Å²) in [5.74, 6) is -0.335. The van der Waals surface area contributed by atoms with Crippen LogP contribution in [-0.4, -0.2) is 9.67 Å². The van der Waals surface area contributed by atoms with Crippen molar-refractivity contribution in [3.05, 3.63) is 58.6 Å². The maximum atomic E-state index is 12.9. The summed E-state index contributed by atoms with van der Waals surface area (Å²) in [4.78, 5) is 0. The van der Waals surface area contributed by atoms with Crippen molar-refractivity contribution in [3.63, 3.8) is 0 Å². The van der Waals surface area contributed by atoms with E-state index in [2.05, 4.69) is 0 Å². The molecule has 4 heteroatoms. The van der Waals surface area contributed by atoms with Crippen LogP contribution in [0.3, 0.4) is 0 Å². The quantitative estimate of drug-likeness (QED) is 0.896. The molecule has 0 saturated heterocycles. The molecule has 2 nitrogen and oxygen atoms in total. The van der Waals surface area contributed by atoms with Gasteiger partial charge in [-0.3, -0.25) is 0 Å². The van der Waals surface area contributed by atoms with E-state index in [0.29, 0.717) is 18.0 Å². The standard InChI is InChI=1S/C14H15ClFNO/c1-2-14(18)11-5-6-17(9-11)8-10-3-4-12(16)7-13(10)15/h3-7,9,14,18H,2,8H2,1H3. The van der Waals surface area contributed by atoms with Gasteiger partial charge in [0.15, 0.2) is 0 Å². The molecule has 18 heavy (non-hydrogen) atoms. The zero-order chi connectivity index (χ0) is 13.1. The number of benzene rings is 1. The molecule has 2 aromatic rings. The van der Waals surface area contributed by atoms with E-state index < -0.39 is 6.10 Å². The van der Waals surface area contributed by atoms with Gasteiger partial charge in [-0.25, -0.2) is 4.39 Å². The second-order valence-electron chi connectivity index (χ2n) is 4.28. The van der Waals surface area contributed by atoms with Crippen molar-refractivity contribution in [2.45, 2.75) is 26.0 Å². The molecule has 0 fully saturated rings. The Morgan fingerprint density at radius 3 is 2.83 bits per heavy atom. The van der Waals surface area contributed by atoms with E-state index in [9.17, 15) is 9.50 Å². The van der Waals surface area contributed by atoms with E-state index in [1.807, 2.05) is 30.0 Å². The predicted octanol–water partition coefficient (Wildman–Crippen LogP) is 3.77. The Bertz CT molecular complexity index is 538. The van der Waals surface area contributed by atoms with Crippen LogP contribution < -0.4 is 0 Å². The van der Waals surface area contributed by atoms with E-state index in [1.54, 1.807) is 6.07 Å². The third-order valence-corrected chi connectivity index (χ3v) is 3.26. The zero-order valence-corrected chi connectivity index (χ0v) is 10.9. The van der Waals surface area contributed by atoms with Crippen LogP contribution in [0.15, 0.2) is 36.7 Å². The maximum Gasteiger partial charge on any atom is 0.124 e. The number of aliphatic hydroxyl groups is 1. The van der Waals surface area contributed by atoms with Crippen molar-refractivity contribution < 1.29 is 9.50 Å². The van der Waals surface area contributed by atoms with E-state index >= 15 is 0 Å². The van der Waals surface area contributed by atoms with Gasteiger partial charge in [0.2, 0.25) is 0 Å². The lowest BCUT2D eigenvalue weighted by atomic mass is 10.1. The van der Waals surface area contributed by atoms with Crippen molar-refractivity contribution in [3.8, 4) is 0 Å². The minimum absolute atomic E-state index is 0.335. The molecule has 1 N–H and O–H groups in total. The van der Waals surface area contributed by atoms with Gasteiger partial charge in [-0.15, -0.1) is 0 Å². The lowest BCUT2D eigenvalue weighted by Gasteiger charge is -2.07. The topological polar surface area (TPSA) is 25.2 Å². The summed E-state index contributed by atoms with van der Waals surface area (Å²) >= 11 is 5.97. The molecule has 0 radical (unpaired) electrons. The van der Waals surface area contributed by atoms with Crippen LogP contribution in [0.2, 0.25) is 5.02 Å². The first-order valence-electron chi connectivity index (χ1n) is 5.88. The highest BCUT2D eigenvalue weighted by Crippen LogP contribution is 2.20. The molecular weight excluding hydrogens is 253 g/mol. The predicted molar refractivity (Wildman–Crippen MR) is 70.2 cm³/mol. The number of hydrogen-bond donors (Lipinski definition) is 1. The summed E-state index contributed by atoms with van der Waals surface area (Å²) in [6.45, 7) is 2.49. The second kappa shape index (κ2) is 5.55. The van der Waals surface area contributed by atoms with E-state index in [1.165, 1.54) is 12.1 Å². The molecule has 1 aromatic carbocycles. The van der Waals surface area contributed by atoms with Crippen molar-refractivity contribution in [2.24, 2.45) is 0 Å². The van der Waals surface area contributed by atoms with Gasteiger partial charge in [-0.05, 0) is 35.7 Å². The summed E-state index contributed by atoms with van der Waals surface area (Å²) in [5.41, 5.74) is 1.74. The average Bonchev–Trinajstić information content (AvgIpc) is 2.80. The Labute approximate surface area is 111 Å². The van der Waals surface area contributed by atoms with Crippen LogP contribution in [-0.2, 0) is 6.54 Å². The fourth-order valence-electron chi connectivity index (χ4n) is 1.84. The molecule has 0 aliphatic rings. The Hall–Kier alpha value is -1.32. The van der Waals surface area contributed by atoms with Crippen molar-refractivity contribution in [1.29, 1.82) is 0 Å². The molecule has 1 heterocycles. The highest BCUT2D eigenvalue weighted by Gasteiger charge is 2.08. The SMILES string of the molecule is CCC(O)c1ccn(Cc2ccc(F)cc2Cl)c1. The van der Waals surface area contributed by atoms with Crippen LogP contribution >= 0.6 is 11.6 Å². The van der Waals surface area contributed by atoms with E-state index in [0.717, 1.165) is 11.1 Å². The number of hydrogen-bond acceptors (Lipinski definition) is 1. The van der Waals surface area contributed by atoms with Crippen LogP contribution in [0, 0.1) is 5.82 Å². The van der Waals surface area contributed by atoms with Gasteiger partial charge in [0.1, 0.15) is 5.82 Å². The molecule has 1 unspecified atom stereocenters. The molecule has 96 valence electrons. The first-order valence-corrected chi connectivity index (χ1v) is 6.25. The summed E-state index contributed by atoms with van der Waals surface area (Å²) in [6, 6.07) is 6.26. The molecule has 1 aromatic heterocycles. The van der Waals surface area contributed by atoms with Gasteiger partial charge in [-0.1, -0.05) is 24.6 Å². The number of aliphatic hydroxyl groups excluding tert-OH is 1. The summed E-state index contributed by atoms with van der Waals surface area (Å²) in [6.07, 6.45) is 4.01. The van der Waals surface area contributed by atoms with Gasteiger partial charge in [-0.2, -0.15) is 0 Å². The number of aromatic nitrogens is 1. The third kappa shape index (κ3) is 2.92. The van der Waals surface area contributed by atoms with Crippen LogP contribution in [0.5, 0.6) is 0 Å². The fourth-order valence-corrected chi connectivity index (χ4v) is 2.06. The summed E-state index contributed by atoms with van der Waals surface area (Å²) in [5, 5.41) is 10.1. The lowest BCUT2D eigenvalue weighted by molar-refractivity contribution is 0.173. The molecular formula is C14H15ClFNO. The van der Waals surface area contributed by atoms with Gasteiger partial charge in [0.25, 0.3) is 0 Å². The highest BCUT2D eigenvalue weighted by molar-refractivity contribution is 6.31. The fraction of sp³-hybridized carbons (Fsp3) is 0.286. The van der Waals surface area contributed by atoms with Crippen molar-refractivity contribution >= 4 is 11.6 Å². The first kappa shape index (κ1) is 13.1. The molecule has 0 saturated carbocycles. The van der Waals surface area contributed by atoms with E-state index in [4.69, 9.17) is 11.6 Å². The largest absolute Gasteiger partial charge is 0.388 e. The highest BCUT2D eigenvalue weighted by atomic mass is 35.5. The maximum absolute atomic E-state index is 12.9. The molecule has 0 aliphatic carbocycles. The van der Waals surface area contributed by atoms with Gasteiger partial charge >= 0.3 is 0 Å². The van der Waals surface area contributed by atoms with Crippen LogP contribution in [0.1, 0.15) is 30.6 Å². The minimum atomic E-state index is -0.435. The lowest BCUT2D eigenvalue weighted by Crippen LogP contribution is -1.98. The van der Waals surface area contributed by atoms with Crippen molar-refractivity contribution in [1.82, 2.24) is 4.57 Å². The summed E-state index contributed by atoms with van der Waals surface area (Å²) in [7, 11) is 0. The average molecular weight is 268 g/mol. The molecule has 0 bridgehead atoms. The Morgan fingerprint density at radius 1 is 1.39 bits per heavy atom. The monoisotopic (exact) mass is 267 g/mol. The van der Waals surface area contributed by atoms with Crippen LogP contribution in [0.4, 0.5) is 4.39 Å². The van der Waals surface area contributed by atoms with E-state index in [-0.39, 0.29) is 5.82 Å². The normalized spacial score (nSPS) is 12.7. The third-order valence-electron chi connectivity index (χ3n) is 2.91. The molecule has 0 amide bonds. The Kier molecular flexibility index (Phi) is 4.04. The van der Waals surface area contributed by atoms with Gasteiger partial charge < -0.3 is 9.67 Å².